The number of ether oxygens (including phenoxy) is 3. The first kappa shape index (κ1) is 19.2. The Morgan fingerprint density at radius 1 is 1.10 bits per heavy atom. The van der Waals surface area contributed by atoms with Crippen LogP contribution in [-0.4, -0.2) is 48.8 Å². The Labute approximate surface area is 126 Å². The molecule has 0 aliphatic rings. The number of esters is 2. The number of hydrogen-bond acceptors (Lipinski definition) is 8. The van der Waals surface area contributed by atoms with Crippen LogP contribution in [0.3, 0.4) is 0 Å². The van der Waals surface area contributed by atoms with Gasteiger partial charge >= 0.3 is 17.2 Å². The van der Waals surface area contributed by atoms with Gasteiger partial charge in [-0.25, -0.2) is 4.79 Å². The van der Waals surface area contributed by atoms with Crippen LogP contribution in [0.5, 0.6) is 0 Å². The molecule has 1 unspecified atom stereocenters. The van der Waals surface area contributed by atoms with E-state index in [2.05, 4.69) is 19.5 Å². The van der Waals surface area contributed by atoms with Crippen molar-refractivity contribution < 1.29 is 33.4 Å². The van der Waals surface area contributed by atoms with Gasteiger partial charge in [-0.2, -0.15) is 0 Å². The third-order valence-corrected chi connectivity index (χ3v) is 3.00. The van der Waals surface area contributed by atoms with Gasteiger partial charge in [-0.15, -0.1) is 0 Å². The van der Waals surface area contributed by atoms with E-state index in [9.17, 15) is 19.2 Å². The van der Waals surface area contributed by atoms with Crippen molar-refractivity contribution in [2.75, 3.05) is 20.4 Å². The Hall–Kier alpha value is -1.77. The van der Waals surface area contributed by atoms with E-state index in [4.69, 9.17) is 0 Å². The largest absolute Gasteiger partial charge is 0.468 e. The molecule has 1 atom stereocenters. The van der Waals surface area contributed by atoms with E-state index in [0.717, 1.165) is 0 Å². The van der Waals surface area contributed by atoms with Crippen molar-refractivity contribution in [3.8, 4) is 0 Å². The number of hydrogen-bond donors (Lipinski definition) is 1. The molecule has 0 aliphatic carbocycles. The van der Waals surface area contributed by atoms with Crippen molar-refractivity contribution in [2.45, 2.75) is 26.0 Å². The van der Waals surface area contributed by atoms with Crippen LogP contribution in [0, 0.1) is 5.92 Å². The Balaban J connectivity index is 3.95. The standard InChI is InChI=1S/C12H19NO7S/c1-7(2)11(16)19-6-20-12(17)21-8(3)10(15)13-5-9(14)18-4/h7-8H,5-6H2,1-4H3,(H,13,15). The van der Waals surface area contributed by atoms with Crippen molar-refractivity contribution in [1.82, 2.24) is 5.32 Å². The predicted octanol–water partition coefficient (Wildman–Crippen LogP) is 0.691. The molecular weight excluding hydrogens is 302 g/mol. The molecule has 0 aromatic carbocycles. The zero-order valence-corrected chi connectivity index (χ0v) is 13.2. The molecule has 0 fully saturated rings. The maximum atomic E-state index is 11.5. The highest BCUT2D eigenvalue weighted by Crippen LogP contribution is 2.13. The molecule has 0 aromatic rings. The summed E-state index contributed by atoms with van der Waals surface area (Å²) in [5.41, 5.74) is 0. The number of thioether (sulfide) groups is 1. The molecule has 0 saturated carbocycles. The van der Waals surface area contributed by atoms with Crippen molar-refractivity contribution >= 4 is 34.9 Å². The van der Waals surface area contributed by atoms with E-state index >= 15 is 0 Å². The second-order valence-corrected chi connectivity index (χ2v) is 5.46. The fourth-order valence-electron chi connectivity index (χ4n) is 0.909. The molecule has 0 saturated heterocycles. The molecular formula is C12H19NO7S. The van der Waals surface area contributed by atoms with Gasteiger partial charge in [0.2, 0.25) is 12.7 Å². The van der Waals surface area contributed by atoms with Gasteiger partial charge in [0, 0.05) is 0 Å². The minimum Gasteiger partial charge on any atom is -0.468 e. The summed E-state index contributed by atoms with van der Waals surface area (Å²) in [6.45, 7) is 3.98. The number of rotatable bonds is 7. The predicted molar refractivity (Wildman–Crippen MR) is 74.4 cm³/mol. The second kappa shape index (κ2) is 10.0. The Kier molecular flexibility index (Phi) is 9.18. The van der Waals surface area contributed by atoms with Gasteiger partial charge in [-0.05, 0) is 18.7 Å². The average molecular weight is 321 g/mol. The molecule has 0 radical (unpaired) electrons. The molecule has 120 valence electrons. The number of carbonyl (C=O) groups excluding carboxylic acids is 4. The smallest absolute Gasteiger partial charge is 0.370 e. The van der Waals surface area contributed by atoms with E-state index in [1.165, 1.54) is 14.0 Å². The summed E-state index contributed by atoms with van der Waals surface area (Å²) >= 11 is 0.610. The lowest BCUT2D eigenvalue weighted by atomic mass is 10.2. The summed E-state index contributed by atoms with van der Waals surface area (Å²) in [5, 5.41) is 0.782. The Morgan fingerprint density at radius 2 is 1.71 bits per heavy atom. The van der Waals surface area contributed by atoms with Gasteiger partial charge in [-0.1, -0.05) is 13.8 Å². The molecule has 0 heterocycles. The van der Waals surface area contributed by atoms with Crippen LogP contribution < -0.4 is 5.32 Å². The second-order valence-electron chi connectivity index (χ2n) is 4.18. The number of amides is 1. The molecule has 1 amide bonds. The lowest BCUT2D eigenvalue weighted by Crippen LogP contribution is -2.35. The summed E-state index contributed by atoms with van der Waals surface area (Å²) in [4.78, 5) is 44.9. The lowest BCUT2D eigenvalue weighted by Gasteiger charge is -2.11. The van der Waals surface area contributed by atoms with Crippen molar-refractivity contribution in [2.24, 2.45) is 5.92 Å². The van der Waals surface area contributed by atoms with Crippen molar-refractivity contribution in [3.63, 3.8) is 0 Å². The Morgan fingerprint density at radius 3 is 2.24 bits per heavy atom. The van der Waals surface area contributed by atoms with E-state index in [-0.39, 0.29) is 12.5 Å². The molecule has 0 spiro atoms. The zero-order valence-electron chi connectivity index (χ0n) is 12.3. The fraction of sp³-hybridized carbons (Fsp3) is 0.667. The summed E-state index contributed by atoms with van der Waals surface area (Å²) in [6, 6.07) is 0. The SMILES string of the molecule is COC(=O)CNC(=O)C(C)SC(=O)OCOC(=O)C(C)C. The van der Waals surface area contributed by atoms with E-state index < -0.39 is 35.2 Å². The highest BCUT2D eigenvalue weighted by Gasteiger charge is 2.20. The molecule has 9 heteroatoms. The van der Waals surface area contributed by atoms with Crippen LogP contribution in [0.2, 0.25) is 0 Å². The van der Waals surface area contributed by atoms with E-state index in [1.54, 1.807) is 13.8 Å². The molecule has 0 rings (SSSR count). The maximum Gasteiger partial charge on any atom is 0.370 e. The summed E-state index contributed by atoms with van der Waals surface area (Å²) in [7, 11) is 1.20. The third-order valence-electron chi connectivity index (χ3n) is 2.13. The van der Waals surface area contributed by atoms with Gasteiger partial charge in [0.15, 0.2) is 0 Å². The minimum atomic E-state index is -0.761. The third kappa shape index (κ3) is 8.90. The van der Waals surface area contributed by atoms with Crippen LogP contribution in [0.4, 0.5) is 4.79 Å². The molecule has 21 heavy (non-hydrogen) atoms. The van der Waals surface area contributed by atoms with Crippen LogP contribution >= 0.6 is 11.8 Å². The minimum absolute atomic E-state index is 0.277. The topological polar surface area (TPSA) is 108 Å². The van der Waals surface area contributed by atoms with Crippen molar-refractivity contribution in [1.29, 1.82) is 0 Å². The van der Waals surface area contributed by atoms with Crippen molar-refractivity contribution in [3.05, 3.63) is 0 Å². The normalized spacial score (nSPS) is 11.5. The first-order valence-corrected chi connectivity index (χ1v) is 7.00. The number of methoxy groups -OCH3 is 1. The van der Waals surface area contributed by atoms with Crippen LogP contribution in [0.25, 0.3) is 0 Å². The van der Waals surface area contributed by atoms with Gasteiger partial charge in [0.05, 0.1) is 18.3 Å². The maximum absolute atomic E-state index is 11.5. The van der Waals surface area contributed by atoms with Gasteiger partial charge in [-0.3, -0.25) is 14.4 Å². The average Bonchev–Trinajstić information content (AvgIpc) is 2.43. The van der Waals surface area contributed by atoms with Crippen LogP contribution in [-0.2, 0) is 28.6 Å². The van der Waals surface area contributed by atoms with E-state index in [0.29, 0.717) is 11.8 Å². The number of nitrogens with one attached hydrogen (secondary N) is 1. The highest BCUT2D eigenvalue weighted by molar-refractivity contribution is 8.14. The summed E-state index contributed by atoms with van der Waals surface area (Å²) in [5.74, 6) is -1.92. The molecule has 1 N–H and O–H groups in total. The number of carbonyl (C=O) groups is 4. The first-order valence-electron chi connectivity index (χ1n) is 6.12. The van der Waals surface area contributed by atoms with Gasteiger partial charge in [0.25, 0.3) is 0 Å². The lowest BCUT2D eigenvalue weighted by molar-refractivity contribution is -0.155. The molecule has 8 nitrogen and oxygen atoms in total. The zero-order chi connectivity index (χ0) is 16.4. The fourth-order valence-corrected chi connectivity index (χ4v) is 1.50. The van der Waals surface area contributed by atoms with Gasteiger partial charge in [0.1, 0.15) is 6.54 Å². The molecule has 0 bridgehead atoms. The quantitative estimate of drug-likeness (QED) is 0.539. The summed E-state index contributed by atoms with van der Waals surface area (Å²) in [6.07, 6.45) is 0. The molecule has 0 aliphatic heterocycles. The monoisotopic (exact) mass is 321 g/mol. The Bertz CT molecular complexity index is 397. The van der Waals surface area contributed by atoms with E-state index in [1.807, 2.05) is 0 Å². The van der Waals surface area contributed by atoms with Crippen LogP contribution in [0.1, 0.15) is 20.8 Å². The highest BCUT2D eigenvalue weighted by atomic mass is 32.2. The first-order chi connectivity index (χ1) is 9.77. The summed E-state index contributed by atoms with van der Waals surface area (Å²) < 4.78 is 13.6. The van der Waals surface area contributed by atoms with Crippen LogP contribution in [0.15, 0.2) is 0 Å². The molecule has 0 aromatic heterocycles. The van der Waals surface area contributed by atoms with Gasteiger partial charge < -0.3 is 19.5 Å².